The van der Waals surface area contributed by atoms with Crippen molar-refractivity contribution in [3.05, 3.63) is 41.6 Å². The predicted molar refractivity (Wildman–Crippen MR) is 58.1 cm³/mol. The molecule has 1 heterocycles. The van der Waals surface area contributed by atoms with Gasteiger partial charge in [-0.25, -0.2) is 0 Å². The fourth-order valence-electron chi connectivity index (χ4n) is 1.55. The summed E-state index contributed by atoms with van der Waals surface area (Å²) in [6.07, 6.45) is 3.84. The van der Waals surface area contributed by atoms with Crippen LogP contribution >= 0.6 is 11.6 Å². The van der Waals surface area contributed by atoms with Gasteiger partial charge in [-0.05, 0) is 30.7 Å². The van der Waals surface area contributed by atoms with Gasteiger partial charge in [0.1, 0.15) is 0 Å². The summed E-state index contributed by atoms with van der Waals surface area (Å²) in [6, 6.07) is 5.88. The Morgan fingerprint density at radius 2 is 2.23 bits per heavy atom. The third-order valence-electron chi connectivity index (χ3n) is 2.19. The third-order valence-corrected chi connectivity index (χ3v) is 2.43. The zero-order chi connectivity index (χ0) is 9.42. The van der Waals surface area contributed by atoms with Crippen molar-refractivity contribution in [2.45, 2.75) is 6.92 Å². The number of rotatable bonds is 1. The molecule has 66 valence electrons. The molecule has 0 N–H and O–H groups in total. The monoisotopic (exact) mass is 191 g/mol. The highest BCUT2D eigenvalue weighted by atomic mass is 35.5. The summed E-state index contributed by atoms with van der Waals surface area (Å²) in [5.41, 5.74) is 2.37. The first-order valence-electron chi connectivity index (χ1n) is 4.11. The lowest BCUT2D eigenvalue weighted by Crippen LogP contribution is -1.79. The van der Waals surface area contributed by atoms with E-state index in [0.717, 1.165) is 10.5 Å². The van der Waals surface area contributed by atoms with Gasteiger partial charge in [0.05, 0.1) is 5.52 Å². The molecular weight excluding hydrogens is 182 g/mol. The zero-order valence-corrected chi connectivity index (χ0v) is 8.17. The van der Waals surface area contributed by atoms with Crippen LogP contribution in [0.2, 0.25) is 5.02 Å². The first kappa shape index (κ1) is 8.39. The van der Waals surface area contributed by atoms with E-state index < -0.39 is 0 Å². The van der Waals surface area contributed by atoms with Crippen molar-refractivity contribution >= 4 is 28.7 Å². The van der Waals surface area contributed by atoms with Crippen LogP contribution in [0.4, 0.5) is 0 Å². The molecule has 1 aromatic heterocycles. The Morgan fingerprint density at radius 1 is 1.46 bits per heavy atom. The van der Waals surface area contributed by atoms with Gasteiger partial charge in [-0.2, -0.15) is 0 Å². The molecule has 2 heteroatoms. The molecular formula is C11H10ClN. The van der Waals surface area contributed by atoms with E-state index in [0.29, 0.717) is 0 Å². The Hall–Kier alpha value is -1.21. The van der Waals surface area contributed by atoms with Crippen molar-refractivity contribution in [2.24, 2.45) is 0 Å². The average Bonchev–Trinajstić information content (AvgIpc) is 2.43. The smallest absolute Gasteiger partial charge is 0.0525 e. The number of aryl methyl sites for hydroxylation is 1. The van der Waals surface area contributed by atoms with Gasteiger partial charge in [-0.1, -0.05) is 18.2 Å². The molecule has 1 aromatic carbocycles. The lowest BCUT2D eigenvalue weighted by atomic mass is 10.2. The SMILES string of the molecule is C=Cn1cc(C)c2cc(Cl)ccc21. The highest BCUT2D eigenvalue weighted by Crippen LogP contribution is 2.24. The van der Waals surface area contributed by atoms with Gasteiger partial charge in [-0.15, -0.1) is 0 Å². The molecule has 0 aliphatic heterocycles. The molecule has 13 heavy (non-hydrogen) atoms. The molecule has 0 atom stereocenters. The second kappa shape index (κ2) is 2.93. The van der Waals surface area contributed by atoms with Crippen molar-refractivity contribution in [3.8, 4) is 0 Å². The lowest BCUT2D eigenvalue weighted by molar-refractivity contribution is 1.22. The minimum atomic E-state index is 0.775. The summed E-state index contributed by atoms with van der Waals surface area (Å²) < 4.78 is 2.00. The first-order valence-corrected chi connectivity index (χ1v) is 4.49. The zero-order valence-electron chi connectivity index (χ0n) is 7.42. The van der Waals surface area contributed by atoms with Crippen LogP contribution in [-0.2, 0) is 0 Å². The van der Waals surface area contributed by atoms with Gasteiger partial charge in [0, 0.05) is 22.8 Å². The van der Waals surface area contributed by atoms with Crippen LogP contribution in [0.5, 0.6) is 0 Å². The number of fused-ring (bicyclic) bond motifs is 1. The van der Waals surface area contributed by atoms with Gasteiger partial charge in [0.25, 0.3) is 0 Å². The number of nitrogens with zero attached hydrogens (tertiary/aromatic N) is 1. The van der Waals surface area contributed by atoms with Crippen LogP contribution in [0.1, 0.15) is 5.56 Å². The van der Waals surface area contributed by atoms with Crippen LogP contribution in [0.25, 0.3) is 17.1 Å². The van der Waals surface area contributed by atoms with Gasteiger partial charge in [0.2, 0.25) is 0 Å². The van der Waals surface area contributed by atoms with E-state index in [1.54, 1.807) is 6.20 Å². The molecule has 1 nitrogen and oxygen atoms in total. The van der Waals surface area contributed by atoms with Gasteiger partial charge >= 0.3 is 0 Å². The topological polar surface area (TPSA) is 4.93 Å². The molecule has 0 unspecified atom stereocenters. The van der Waals surface area contributed by atoms with Crippen molar-refractivity contribution in [1.82, 2.24) is 4.57 Å². The summed E-state index contributed by atoms with van der Waals surface area (Å²) >= 11 is 5.91. The standard InChI is InChI=1S/C11H10ClN/c1-3-13-7-8(2)10-6-9(12)4-5-11(10)13/h3-7H,1H2,2H3. The van der Waals surface area contributed by atoms with Crippen LogP contribution < -0.4 is 0 Å². The molecule has 0 aliphatic carbocycles. The molecule has 0 fully saturated rings. The Balaban J connectivity index is 2.88. The second-order valence-corrected chi connectivity index (χ2v) is 3.50. The molecule has 0 saturated carbocycles. The van der Waals surface area contributed by atoms with E-state index in [1.807, 2.05) is 29.0 Å². The van der Waals surface area contributed by atoms with E-state index in [9.17, 15) is 0 Å². The largest absolute Gasteiger partial charge is 0.324 e. The molecule has 0 aliphatic rings. The molecule has 0 amide bonds. The minimum absolute atomic E-state index is 0.775. The number of halogens is 1. The van der Waals surface area contributed by atoms with Gasteiger partial charge in [-0.3, -0.25) is 0 Å². The summed E-state index contributed by atoms with van der Waals surface area (Å²) in [7, 11) is 0. The highest BCUT2D eigenvalue weighted by Gasteiger charge is 2.02. The Kier molecular flexibility index (Phi) is 1.89. The minimum Gasteiger partial charge on any atom is -0.324 e. The third kappa shape index (κ3) is 1.25. The lowest BCUT2D eigenvalue weighted by Gasteiger charge is -1.96. The molecule has 0 bridgehead atoms. The first-order chi connectivity index (χ1) is 6.22. The molecule has 2 aromatic rings. The van der Waals surface area contributed by atoms with Crippen molar-refractivity contribution in [2.75, 3.05) is 0 Å². The second-order valence-electron chi connectivity index (χ2n) is 3.06. The van der Waals surface area contributed by atoms with E-state index in [-0.39, 0.29) is 0 Å². The average molecular weight is 192 g/mol. The maximum atomic E-state index is 5.91. The summed E-state index contributed by atoms with van der Waals surface area (Å²) in [5.74, 6) is 0. The predicted octanol–water partition coefficient (Wildman–Crippen LogP) is 3.70. The number of benzene rings is 1. The maximum Gasteiger partial charge on any atom is 0.0525 e. The fourth-order valence-corrected chi connectivity index (χ4v) is 1.72. The fraction of sp³-hybridized carbons (Fsp3) is 0.0909. The van der Waals surface area contributed by atoms with Gasteiger partial charge in [0.15, 0.2) is 0 Å². The van der Waals surface area contributed by atoms with Crippen molar-refractivity contribution in [3.63, 3.8) is 0 Å². The van der Waals surface area contributed by atoms with E-state index in [2.05, 4.69) is 13.5 Å². The van der Waals surface area contributed by atoms with Crippen LogP contribution in [0.3, 0.4) is 0 Å². The quantitative estimate of drug-likeness (QED) is 0.648. The Bertz CT molecular complexity index is 468. The molecule has 0 radical (unpaired) electrons. The van der Waals surface area contributed by atoms with Crippen LogP contribution in [0.15, 0.2) is 31.0 Å². The van der Waals surface area contributed by atoms with E-state index in [4.69, 9.17) is 11.6 Å². The molecule has 0 saturated heterocycles. The van der Waals surface area contributed by atoms with E-state index >= 15 is 0 Å². The summed E-state index contributed by atoms with van der Waals surface area (Å²) in [5, 5.41) is 1.96. The maximum absolute atomic E-state index is 5.91. The number of hydrogen-bond acceptors (Lipinski definition) is 0. The van der Waals surface area contributed by atoms with Crippen molar-refractivity contribution < 1.29 is 0 Å². The summed E-state index contributed by atoms with van der Waals surface area (Å²) in [6.45, 7) is 5.81. The molecule has 2 rings (SSSR count). The summed E-state index contributed by atoms with van der Waals surface area (Å²) in [4.78, 5) is 0. The molecule has 0 spiro atoms. The number of hydrogen-bond donors (Lipinski definition) is 0. The van der Waals surface area contributed by atoms with Crippen LogP contribution in [0, 0.1) is 6.92 Å². The normalized spacial score (nSPS) is 10.6. The van der Waals surface area contributed by atoms with Crippen molar-refractivity contribution in [1.29, 1.82) is 0 Å². The highest BCUT2D eigenvalue weighted by molar-refractivity contribution is 6.31. The Morgan fingerprint density at radius 3 is 2.92 bits per heavy atom. The Labute approximate surface area is 82.2 Å². The van der Waals surface area contributed by atoms with Gasteiger partial charge < -0.3 is 4.57 Å². The number of aromatic nitrogens is 1. The van der Waals surface area contributed by atoms with Crippen LogP contribution in [-0.4, -0.2) is 4.57 Å². The van der Waals surface area contributed by atoms with E-state index in [1.165, 1.54) is 10.9 Å².